The molecule has 32 heavy (non-hydrogen) atoms. The normalized spacial score (nSPS) is 14.4. The molecule has 7 rings (SSSR count). The van der Waals surface area contributed by atoms with Crippen LogP contribution in [-0.4, -0.2) is 0 Å². The first-order chi connectivity index (χ1) is 15.8. The smallest absolute Gasteiger partial charge is 0.0498 e. The quantitative estimate of drug-likeness (QED) is 0.273. The maximum Gasteiger partial charge on any atom is 0.0498 e. The summed E-state index contributed by atoms with van der Waals surface area (Å²) in [6.07, 6.45) is 0.986. The molecule has 0 spiro atoms. The third-order valence-corrected chi connectivity index (χ3v) is 7.39. The summed E-state index contributed by atoms with van der Waals surface area (Å²) in [5, 5.41) is 7.94. The van der Waals surface area contributed by atoms with E-state index in [0.29, 0.717) is 0 Å². The van der Waals surface area contributed by atoms with Gasteiger partial charge >= 0.3 is 0 Å². The first-order valence-electron chi connectivity index (χ1n) is 11.3. The molecule has 150 valence electrons. The second kappa shape index (κ2) is 6.55. The van der Waals surface area contributed by atoms with Crippen LogP contribution in [0.2, 0.25) is 0 Å². The average Bonchev–Trinajstić information content (AvgIpc) is 3.21. The van der Waals surface area contributed by atoms with Crippen LogP contribution in [0, 0.1) is 0 Å². The van der Waals surface area contributed by atoms with Gasteiger partial charge in [0.2, 0.25) is 0 Å². The van der Waals surface area contributed by atoms with Crippen molar-refractivity contribution in [3.63, 3.8) is 0 Å². The minimum absolute atomic E-state index is 0.197. The summed E-state index contributed by atoms with van der Waals surface area (Å²) in [4.78, 5) is 0. The van der Waals surface area contributed by atoms with Crippen LogP contribution in [0.5, 0.6) is 0 Å². The predicted molar refractivity (Wildman–Crippen MR) is 135 cm³/mol. The molecule has 0 radical (unpaired) electrons. The van der Waals surface area contributed by atoms with Crippen LogP contribution in [0.4, 0.5) is 0 Å². The van der Waals surface area contributed by atoms with E-state index in [2.05, 4.69) is 121 Å². The van der Waals surface area contributed by atoms with Crippen LogP contribution >= 0.6 is 0 Å². The van der Waals surface area contributed by atoms with Crippen LogP contribution < -0.4 is 0 Å². The van der Waals surface area contributed by atoms with E-state index in [0.717, 1.165) is 6.42 Å². The molecule has 0 nitrogen and oxygen atoms in total. The monoisotopic (exact) mass is 406 g/mol. The van der Waals surface area contributed by atoms with Gasteiger partial charge in [0.15, 0.2) is 0 Å². The Bertz CT molecular complexity index is 1570. The van der Waals surface area contributed by atoms with Gasteiger partial charge in [-0.1, -0.05) is 109 Å². The van der Waals surface area contributed by atoms with Gasteiger partial charge < -0.3 is 0 Å². The number of hydrogen-bond donors (Lipinski definition) is 0. The number of hydrogen-bond acceptors (Lipinski definition) is 0. The van der Waals surface area contributed by atoms with E-state index in [-0.39, 0.29) is 5.41 Å². The molecule has 0 N–H and O–H groups in total. The molecule has 0 aromatic heterocycles. The Kier molecular flexibility index (Phi) is 3.63. The zero-order chi connectivity index (χ0) is 21.1. The Morgan fingerprint density at radius 2 is 0.969 bits per heavy atom. The van der Waals surface area contributed by atoms with Crippen LogP contribution in [0.3, 0.4) is 0 Å². The highest BCUT2D eigenvalue weighted by Crippen LogP contribution is 2.51. The van der Waals surface area contributed by atoms with Gasteiger partial charge in [-0.05, 0) is 73.1 Å². The highest BCUT2D eigenvalue weighted by molar-refractivity contribution is 5.95. The largest absolute Gasteiger partial charge is 0.0616 e. The van der Waals surface area contributed by atoms with Crippen molar-refractivity contribution < 1.29 is 0 Å². The molecule has 0 heterocycles. The van der Waals surface area contributed by atoms with Gasteiger partial charge in [0.25, 0.3) is 0 Å². The topological polar surface area (TPSA) is 0 Å². The van der Waals surface area contributed by atoms with Crippen molar-refractivity contribution in [3.05, 3.63) is 144 Å². The molecule has 0 unspecified atom stereocenters. The lowest BCUT2D eigenvalue weighted by Gasteiger charge is -2.33. The van der Waals surface area contributed by atoms with Crippen molar-refractivity contribution in [2.45, 2.75) is 11.8 Å². The third kappa shape index (κ3) is 2.38. The second-order valence-corrected chi connectivity index (χ2v) is 9.03. The number of fused-ring (bicyclic) bond motifs is 2. The SMILES string of the molecule is c1ccc2cc(C3(c4ccc5ccccc5c4)Cc4cccc5cccc3c45)ccc2c1. The lowest BCUT2D eigenvalue weighted by atomic mass is 9.69. The molecule has 0 saturated carbocycles. The van der Waals surface area contributed by atoms with Gasteiger partial charge in [-0.25, -0.2) is 0 Å². The molecule has 6 aromatic rings. The second-order valence-electron chi connectivity index (χ2n) is 9.03. The maximum absolute atomic E-state index is 2.41. The van der Waals surface area contributed by atoms with Crippen LogP contribution in [0.1, 0.15) is 22.3 Å². The van der Waals surface area contributed by atoms with Crippen molar-refractivity contribution in [1.82, 2.24) is 0 Å². The van der Waals surface area contributed by atoms with Crippen molar-refractivity contribution >= 4 is 32.3 Å². The van der Waals surface area contributed by atoms with E-state index >= 15 is 0 Å². The molecule has 0 amide bonds. The average molecular weight is 407 g/mol. The van der Waals surface area contributed by atoms with E-state index in [9.17, 15) is 0 Å². The molecule has 1 aliphatic rings. The van der Waals surface area contributed by atoms with Crippen LogP contribution in [0.25, 0.3) is 32.3 Å². The Balaban J connectivity index is 1.59. The fraction of sp³-hybridized carbons (Fsp3) is 0.0625. The molecular formula is C32H22. The van der Waals surface area contributed by atoms with Crippen molar-refractivity contribution in [2.24, 2.45) is 0 Å². The predicted octanol–water partition coefficient (Wildman–Crippen LogP) is 8.04. The third-order valence-electron chi connectivity index (χ3n) is 7.39. The minimum atomic E-state index is -0.197. The summed E-state index contributed by atoms with van der Waals surface area (Å²) in [6, 6.07) is 45.1. The molecule has 0 bridgehead atoms. The standard InChI is InChI=1S/C32H22/c1-3-9-25-19-28(17-15-22(25)7-1)32(29-18-16-23-8-2-4-10-26(23)20-29)21-27-13-5-11-24-12-6-14-30(32)31(24)27/h1-20H,21H2. The van der Waals surface area contributed by atoms with Crippen molar-refractivity contribution in [2.75, 3.05) is 0 Å². The first kappa shape index (κ1) is 17.7. The van der Waals surface area contributed by atoms with Crippen molar-refractivity contribution in [1.29, 1.82) is 0 Å². The van der Waals surface area contributed by atoms with E-state index in [1.165, 1.54) is 54.6 Å². The Hall–Kier alpha value is -3.90. The fourth-order valence-corrected chi connectivity index (χ4v) is 5.89. The zero-order valence-electron chi connectivity index (χ0n) is 17.8. The fourth-order valence-electron chi connectivity index (χ4n) is 5.89. The number of benzene rings is 6. The van der Waals surface area contributed by atoms with Gasteiger partial charge in [-0.2, -0.15) is 0 Å². The highest BCUT2D eigenvalue weighted by atomic mass is 14.4. The first-order valence-corrected chi connectivity index (χ1v) is 11.3. The zero-order valence-corrected chi connectivity index (χ0v) is 17.8. The molecule has 1 aliphatic carbocycles. The van der Waals surface area contributed by atoms with E-state index in [4.69, 9.17) is 0 Å². The molecule has 6 aromatic carbocycles. The van der Waals surface area contributed by atoms with E-state index in [1.807, 2.05) is 0 Å². The molecule has 0 atom stereocenters. The molecule has 0 saturated heterocycles. The van der Waals surface area contributed by atoms with Gasteiger partial charge in [-0.3, -0.25) is 0 Å². The van der Waals surface area contributed by atoms with Crippen molar-refractivity contribution in [3.8, 4) is 0 Å². The van der Waals surface area contributed by atoms with Crippen LogP contribution in [-0.2, 0) is 11.8 Å². The summed E-state index contributed by atoms with van der Waals surface area (Å²) in [7, 11) is 0. The summed E-state index contributed by atoms with van der Waals surface area (Å²) < 4.78 is 0. The minimum Gasteiger partial charge on any atom is -0.0616 e. The lowest BCUT2D eigenvalue weighted by Crippen LogP contribution is -2.28. The Labute approximate surface area is 187 Å². The Morgan fingerprint density at radius 3 is 1.59 bits per heavy atom. The molecule has 0 aliphatic heterocycles. The van der Waals surface area contributed by atoms with E-state index < -0.39 is 0 Å². The van der Waals surface area contributed by atoms with Crippen LogP contribution in [0.15, 0.2) is 121 Å². The van der Waals surface area contributed by atoms with E-state index in [1.54, 1.807) is 0 Å². The summed E-state index contributed by atoms with van der Waals surface area (Å²) in [6.45, 7) is 0. The van der Waals surface area contributed by atoms with Gasteiger partial charge in [0, 0.05) is 5.41 Å². The summed E-state index contributed by atoms with van der Waals surface area (Å²) in [5.74, 6) is 0. The maximum atomic E-state index is 2.41. The van der Waals surface area contributed by atoms with Gasteiger partial charge in [-0.15, -0.1) is 0 Å². The highest BCUT2D eigenvalue weighted by Gasteiger charge is 2.42. The van der Waals surface area contributed by atoms with Gasteiger partial charge in [0.1, 0.15) is 0 Å². The number of rotatable bonds is 2. The summed E-state index contributed by atoms with van der Waals surface area (Å²) >= 11 is 0. The lowest BCUT2D eigenvalue weighted by molar-refractivity contribution is 0.643. The molecule has 0 fully saturated rings. The Morgan fingerprint density at radius 1 is 0.438 bits per heavy atom. The molecule has 0 heteroatoms. The van der Waals surface area contributed by atoms with Gasteiger partial charge in [0.05, 0.1) is 0 Å². The summed E-state index contributed by atoms with van der Waals surface area (Å²) in [5.41, 5.74) is 5.41. The molecular weight excluding hydrogens is 384 g/mol.